The van der Waals surface area contributed by atoms with Gasteiger partial charge >= 0.3 is 8.25 Å². The first-order chi connectivity index (χ1) is 7.15. The van der Waals surface area contributed by atoms with Gasteiger partial charge in [0, 0.05) is 26.2 Å². The lowest BCUT2D eigenvalue weighted by atomic mass is 10.0. The maximum Gasteiger partial charge on any atom is 0.314 e. The molecule has 1 fully saturated rings. The zero-order chi connectivity index (χ0) is 11.9. The van der Waals surface area contributed by atoms with Crippen LogP contribution in [-0.4, -0.2) is 36.0 Å². The molecule has 0 atom stereocenters. The van der Waals surface area contributed by atoms with Gasteiger partial charge in [-0.2, -0.15) is 0 Å². The molecule has 0 heterocycles. The van der Waals surface area contributed by atoms with Crippen molar-refractivity contribution in [3.05, 3.63) is 0 Å². The molecule has 7 heteroatoms. The fourth-order valence-electron chi connectivity index (χ4n) is 0.579. The average molecular weight is 241 g/mol. The molecule has 7 N–H and O–H groups in total. The van der Waals surface area contributed by atoms with Gasteiger partial charge in [0.05, 0.1) is 0 Å². The SMILES string of the molecule is C1CCC1.NCCNCCN.O=[PH](O)O. The van der Waals surface area contributed by atoms with Gasteiger partial charge in [0.15, 0.2) is 0 Å². The third-order valence-electron chi connectivity index (χ3n) is 1.64. The van der Waals surface area contributed by atoms with Crippen molar-refractivity contribution in [3.8, 4) is 0 Å². The summed E-state index contributed by atoms with van der Waals surface area (Å²) in [7, 11) is -3.13. The highest BCUT2D eigenvalue weighted by atomic mass is 31.1. The Hall–Kier alpha value is 0.0300. The summed E-state index contributed by atoms with van der Waals surface area (Å²) in [5.74, 6) is 0. The van der Waals surface area contributed by atoms with Crippen LogP contribution in [0.3, 0.4) is 0 Å². The van der Waals surface area contributed by atoms with Gasteiger partial charge in [0.1, 0.15) is 0 Å². The van der Waals surface area contributed by atoms with Gasteiger partial charge in [0.25, 0.3) is 0 Å². The monoisotopic (exact) mass is 241 g/mol. The standard InChI is InChI=1S/C4H13N3.C4H8.H3O3P/c5-1-3-7-4-2-6;1-2-4-3-1;1-4(2)3/h7H,1-6H2;1-4H2;4H,(H2,1,2,3). The largest absolute Gasteiger partial charge is 0.329 e. The number of rotatable bonds is 4. The van der Waals surface area contributed by atoms with E-state index in [-0.39, 0.29) is 0 Å². The van der Waals surface area contributed by atoms with Crippen LogP contribution in [0.5, 0.6) is 0 Å². The van der Waals surface area contributed by atoms with Crippen molar-refractivity contribution < 1.29 is 14.4 Å². The molecule has 1 rings (SSSR count). The summed E-state index contributed by atoms with van der Waals surface area (Å²) in [5, 5.41) is 3.03. The van der Waals surface area contributed by atoms with Gasteiger partial charge in [0.2, 0.25) is 0 Å². The van der Waals surface area contributed by atoms with Crippen LogP contribution >= 0.6 is 8.25 Å². The summed E-state index contributed by atoms with van der Waals surface area (Å²) in [6, 6.07) is 0. The first kappa shape index (κ1) is 17.4. The Balaban J connectivity index is 0. The second kappa shape index (κ2) is 16.5. The first-order valence-electron chi connectivity index (χ1n) is 5.17. The van der Waals surface area contributed by atoms with E-state index in [9.17, 15) is 0 Å². The molecule has 0 bridgehead atoms. The van der Waals surface area contributed by atoms with Gasteiger partial charge in [-0.1, -0.05) is 25.7 Å². The van der Waals surface area contributed by atoms with Gasteiger partial charge < -0.3 is 26.6 Å². The molecule has 0 aromatic rings. The molecule has 15 heavy (non-hydrogen) atoms. The lowest BCUT2D eigenvalue weighted by molar-refractivity contribution is 0.405. The van der Waals surface area contributed by atoms with Crippen molar-refractivity contribution in [1.82, 2.24) is 5.32 Å². The second-order valence-electron chi connectivity index (χ2n) is 3.02. The summed E-state index contributed by atoms with van der Waals surface area (Å²) in [5.41, 5.74) is 10.3. The highest BCUT2D eigenvalue weighted by molar-refractivity contribution is 7.30. The predicted octanol–water partition coefficient (Wildman–Crippen LogP) is -0.585. The molecule has 0 aromatic carbocycles. The molecule has 1 aliphatic carbocycles. The molecular formula is C8H24N3O3P. The fourth-order valence-corrected chi connectivity index (χ4v) is 0.579. The molecule has 0 unspecified atom stereocenters. The lowest BCUT2D eigenvalue weighted by Crippen LogP contribution is -2.27. The zero-order valence-corrected chi connectivity index (χ0v) is 10.1. The molecule has 0 amide bonds. The summed E-state index contributed by atoms with van der Waals surface area (Å²) < 4.78 is 8.74. The Kier molecular flexibility index (Phi) is 19.1. The van der Waals surface area contributed by atoms with Crippen molar-refractivity contribution in [2.75, 3.05) is 26.2 Å². The summed E-state index contributed by atoms with van der Waals surface area (Å²) in [6.07, 6.45) is 6.00. The summed E-state index contributed by atoms with van der Waals surface area (Å²) in [6.45, 7) is 3.13. The van der Waals surface area contributed by atoms with Gasteiger partial charge in [-0.05, 0) is 0 Å². The van der Waals surface area contributed by atoms with E-state index in [1.54, 1.807) is 0 Å². The van der Waals surface area contributed by atoms with E-state index in [4.69, 9.17) is 25.8 Å². The maximum absolute atomic E-state index is 8.74. The van der Waals surface area contributed by atoms with Crippen molar-refractivity contribution >= 4 is 8.25 Å². The van der Waals surface area contributed by atoms with E-state index in [0.29, 0.717) is 13.1 Å². The molecule has 0 spiro atoms. The van der Waals surface area contributed by atoms with Crippen LogP contribution in [0.15, 0.2) is 0 Å². The molecule has 6 nitrogen and oxygen atoms in total. The van der Waals surface area contributed by atoms with Crippen LogP contribution in [0.2, 0.25) is 0 Å². The van der Waals surface area contributed by atoms with Crippen LogP contribution < -0.4 is 16.8 Å². The van der Waals surface area contributed by atoms with Gasteiger partial charge in [-0.25, -0.2) is 0 Å². The number of nitrogens with two attached hydrogens (primary N) is 2. The lowest BCUT2D eigenvalue weighted by Gasteiger charge is -2.05. The highest BCUT2D eigenvalue weighted by Gasteiger charge is 1.95. The molecular weight excluding hydrogens is 217 g/mol. The molecule has 0 aliphatic heterocycles. The Morgan fingerprint density at radius 2 is 1.27 bits per heavy atom. The predicted molar refractivity (Wildman–Crippen MR) is 62.9 cm³/mol. The number of hydrogen-bond acceptors (Lipinski definition) is 4. The molecule has 94 valence electrons. The van der Waals surface area contributed by atoms with Crippen LogP contribution in [0.4, 0.5) is 0 Å². The van der Waals surface area contributed by atoms with Crippen molar-refractivity contribution in [2.45, 2.75) is 25.7 Å². The minimum atomic E-state index is -3.13. The molecule has 0 aromatic heterocycles. The van der Waals surface area contributed by atoms with E-state index in [2.05, 4.69) is 5.32 Å². The van der Waals surface area contributed by atoms with E-state index >= 15 is 0 Å². The van der Waals surface area contributed by atoms with E-state index in [1.807, 2.05) is 0 Å². The van der Waals surface area contributed by atoms with E-state index in [0.717, 1.165) is 13.1 Å². The summed E-state index contributed by atoms with van der Waals surface area (Å²) in [4.78, 5) is 14.3. The minimum Gasteiger partial charge on any atom is -0.329 e. The molecule has 1 aliphatic rings. The van der Waals surface area contributed by atoms with Crippen molar-refractivity contribution in [1.29, 1.82) is 0 Å². The van der Waals surface area contributed by atoms with E-state index in [1.165, 1.54) is 25.7 Å². The molecule has 0 radical (unpaired) electrons. The smallest absolute Gasteiger partial charge is 0.314 e. The van der Waals surface area contributed by atoms with Crippen LogP contribution in [-0.2, 0) is 4.57 Å². The average Bonchev–Trinajstić information content (AvgIpc) is 2.01. The normalized spacial score (nSPS) is 13.1. The first-order valence-corrected chi connectivity index (χ1v) is 6.48. The maximum atomic E-state index is 8.74. The highest BCUT2D eigenvalue weighted by Crippen LogP contribution is 2.15. The third-order valence-corrected chi connectivity index (χ3v) is 1.64. The Bertz CT molecular complexity index is 122. The quantitative estimate of drug-likeness (QED) is 0.331. The Labute approximate surface area is 92.0 Å². The van der Waals surface area contributed by atoms with Gasteiger partial charge in [-0.15, -0.1) is 0 Å². The van der Waals surface area contributed by atoms with Gasteiger partial charge in [-0.3, -0.25) is 4.57 Å². The third kappa shape index (κ3) is 31.5. The summed E-state index contributed by atoms with van der Waals surface area (Å²) >= 11 is 0. The van der Waals surface area contributed by atoms with Crippen molar-refractivity contribution in [2.24, 2.45) is 11.5 Å². The molecule has 0 saturated heterocycles. The van der Waals surface area contributed by atoms with Crippen LogP contribution in [0.1, 0.15) is 25.7 Å². The zero-order valence-electron chi connectivity index (χ0n) is 9.11. The Morgan fingerprint density at radius 3 is 1.40 bits per heavy atom. The Morgan fingerprint density at radius 1 is 1.00 bits per heavy atom. The van der Waals surface area contributed by atoms with Crippen molar-refractivity contribution in [3.63, 3.8) is 0 Å². The van der Waals surface area contributed by atoms with Crippen LogP contribution in [0, 0.1) is 0 Å². The molecule has 1 saturated carbocycles. The number of nitrogens with one attached hydrogen (secondary N) is 1. The number of hydrogen-bond donors (Lipinski definition) is 5. The second-order valence-corrected chi connectivity index (χ2v) is 3.59. The van der Waals surface area contributed by atoms with E-state index < -0.39 is 8.25 Å². The fraction of sp³-hybridized carbons (Fsp3) is 1.00. The minimum absolute atomic E-state index is 0.694. The van der Waals surface area contributed by atoms with Crippen LogP contribution in [0.25, 0.3) is 0 Å². The topological polar surface area (TPSA) is 122 Å².